The number of hydrogen-bond acceptors (Lipinski definition) is 3. The zero-order valence-electron chi connectivity index (χ0n) is 18.8. The Kier molecular flexibility index (Phi) is 5.92. The third kappa shape index (κ3) is 4.26. The molecule has 4 aromatic rings. The van der Waals surface area contributed by atoms with Crippen LogP contribution in [0.5, 0.6) is 0 Å². The lowest BCUT2D eigenvalue weighted by Gasteiger charge is -2.28. The van der Waals surface area contributed by atoms with E-state index >= 15 is 0 Å². The predicted molar refractivity (Wildman–Crippen MR) is 135 cm³/mol. The standard InChI is InChI=1S/C27H27N5S/c1-19-15-23(20(2)31(19)17-21-9-4-3-5-10-21)26-25(24-12-6-7-14-29-24)30-27(33)32(26)18-22-11-8-13-28-16-22/h3-16,25-26H,17-18H2,1-2H3,(H,30,33)/t25-,26-/m0/s1. The second-order valence-electron chi connectivity index (χ2n) is 8.51. The van der Waals surface area contributed by atoms with Gasteiger partial charge in [0.1, 0.15) is 0 Å². The summed E-state index contributed by atoms with van der Waals surface area (Å²) in [5.74, 6) is 0. The van der Waals surface area contributed by atoms with Crippen LogP contribution in [0.25, 0.3) is 0 Å². The van der Waals surface area contributed by atoms with Crippen LogP contribution in [0.1, 0.15) is 45.9 Å². The molecule has 1 N–H and O–H groups in total. The maximum absolute atomic E-state index is 5.84. The zero-order chi connectivity index (χ0) is 22.8. The normalized spacial score (nSPS) is 17.9. The molecular formula is C27H27N5S. The van der Waals surface area contributed by atoms with Crippen molar-refractivity contribution in [2.75, 3.05) is 0 Å². The molecular weight excluding hydrogens is 426 g/mol. The van der Waals surface area contributed by atoms with E-state index in [1.165, 1.54) is 22.5 Å². The number of nitrogens with zero attached hydrogens (tertiary/aromatic N) is 4. The summed E-state index contributed by atoms with van der Waals surface area (Å²) in [6.45, 7) is 5.93. The molecule has 1 saturated heterocycles. The van der Waals surface area contributed by atoms with Gasteiger partial charge < -0.3 is 14.8 Å². The molecule has 33 heavy (non-hydrogen) atoms. The van der Waals surface area contributed by atoms with E-state index in [0.717, 1.165) is 22.9 Å². The maximum atomic E-state index is 5.84. The number of nitrogens with one attached hydrogen (secondary N) is 1. The Hall–Kier alpha value is -3.51. The van der Waals surface area contributed by atoms with Gasteiger partial charge in [-0.3, -0.25) is 9.97 Å². The van der Waals surface area contributed by atoms with Gasteiger partial charge in [-0.1, -0.05) is 42.5 Å². The summed E-state index contributed by atoms with van der Waals surface area (Å²) < 4.78 is 2.39. The van der Waals surface area contributed by atoms with Crippen molar-refractivity contribution in [2.24, 2.45) is 0 Å². The van der Waals surface area contributed by atoms with Crippen LogP contribution in [-0.4, -0.2) is 24.5 Å². The fraction of sp³-hybridized carbons (Fsp3) is 0.222. The highest BCUT2D eigenvalue weighted by Crippen LogP contribution is 2.41. The zero-order valence-corrected chi connectivity index (χ0v) is 19.7. The van der Waals surface area contributed by atoms with Gasteiger partial charge in [0.05, 0.1) is 17.8 Å². The summed E-state index contributed by atoms with van der Waals surface area (Å²) >= 11 is 5.84. The van der Waals surface area contributed by atoms with E-state index in [4.69, 9.17) is 12.2 Å². The molecule has 0 spiro atoms. The first-order valence-electron chi connectivity index (χ1n) is 11.2. The maximum Gasteiger partial charge on any atom is 0.170 e. The molecule has 1 aromatic carbocycles. The van der Waals surface area contributed by atoms with E-state index in [1.54, 1.807) is 6.20 Å². The van der Waals surface area contributed by atoms with E-state index in [0.29, 0.717) is 6.54 Å². The molecule has 5 nitrogen and oxygen atoms in total. The van der Waals surface area contributed by atoms with Gasteiger partial charge in [-0.2, -0.15) is 0 Å². The molecule has 3 aromatic heterocycles. The highest BCUT2D eigenvalue weighted by molar-refractivity contribution is 7.80. The summed E-state index contributed by atoms with van der Waals surface area (Å²) in [5.41, 5.74) is 7.18. The van der Waals surface area contributed by atoms with E-state index in [9.17, 15) is 0 Å². The first-order valence-corrected chi connectivity index (χ1v) is 11.6. The third-order valence-corrected chi connectivity index (χ3v) is 6.74. The SMILES string of the molecule is Cc1cc([C@H]2[C@H](c3ccccn3)NC(=S)N2Cc2cccnc2)c(C)n1Cc1ccccc1. The molecule has 0 aliphatic carbocycles. The van der Waals surface area contributed by atoms with Crippen LogP contribution in [-0.2, 0) is 13.1 Å². The second-order valence-corrected chi connectivity index (χ2v) is 8.90. The van der Waals surface area contributed by atoms with Crippen molar-refractivity contribution < 1.29 is 0 Å². The molecule has 1 aliphatic rings. The quantitative estimate of drug-likeness (QED) is 0.411. The van der Waals surface area contributed by atoms with Crippen LogP contribution in [0, 0.1) is 13.8 Å². The first-order chi connectivity index (χ1) is 16.1. The lowest BCUT2D eigenvalue weighted by molar-refractivity contribution is 0.309. The highest BCUT2D eigenvalue weighted by atomic mass is 32.1. The minimum atomic E-state index is -0.0268. The Bertz CT molecular complexity index is 1240. The molecule has 0 unspecified atom stereocenters. The highest BCUT2D eigenvalue weighted by Gasteiger charge is 2.41. The topological polar surface area (TPSA) is 46.0 Å². The van der Waals surface area contributed by atoms with Crippen LogP contribution in [0.2, 0.25) is 0 Å². The summed E-state index contributed by atoms with van der Waals surface area (Å²) in [7, 11) is 0. The number of aryl methyl sites for hydroxylation is 1. The van der Waals surface area contributed by atoms with Crippen LogP contribution in [0.15, 0.2) is 85.3 Å². The van der Waals surface area contributed by atoms with Crippen LogP contribution in [0.4, 0.5) is 0 Å². The number of thiocarbonyl (C=S) groups is 1. The predicted octanol–water partition coefficient (Wildman–Crippen LogP) is 5.12. The van der Waals surface area contributed by atoms with Gasteiger partial charge in [0.15, 0.2) is 5.11 Å². The molecule has 166 valence electrons. The van der Waals surface area contributed by atoms with E-state index in [-0.39, 0.29) is 12.1 Å². The van der Waals surface area contributed by atoms with E-state index < -0.39 is 0 Å². The minimum absolute atomic E-state index is 0.0268. The van der Waals surface area contributed by atoms with Crippen molar-refractivity contribution in [1.82, 2.24) is 24.8 Å². The first kappa shape index (κ1) is 21.3. The largest absolute Gasteiger partial charge is 0.352 e. The summed E-state index contributed by atoms with van der Waals surface area (Å²) in [6.07, 6.45) is 5.56. The molecule has 4 heterocycles. The Morgan fingerprint density at radius 3 is 2.42 bits per heavy atom. The molecule has 0 saturated carbocycles. The Morgan fingerprint density at radius 1 is 0.909 bits per heavy atom. The summed E-state index contributed by atoms with van der Waals surface area (Å²) in [5, 5.41) is 4.30. The number of hydrogen-bond donors (Lipinski definition) is 1. The molecule has 1 aliphatic heterocycles. The lowest BCUT2D eigenvalue weighted by atomic mass is 9.96. The van der Waals surface area contributed by atoms with Gasteiger partial charge in [0.25, 0.3) is 0 Å². The van der Waals surface area contributed by atoms with Crippen LogP contribution in [0.3, 0.4) is 0 Å². The average molecular weight is 454 g/mol. The summed E-state index contributed by atoms with van der Waals surface area (Å²) in [6, 6.07) is 23.0. The Morgan fingerprint density at radius 2 is 1.70 bits per heavy atom. The second kappa shape index (κ2) is 9.16. The average Bonchev–Trinajstić information content (AvgIpc) is 3.31. The monoisotopic (exact) mass is 453 g/mol. The van der Waals surface area contributed by atoms with Gasteiger partial charge in [-0.05, 0) is 67.0 Å². The van der Waals surface area contributed by atoms with Gasteiger partial charge in [0.2, 0.25) is 0 Å². The van der Waals surface area contributed by atoms with Crippen molar-refractivity contribution in [2.45, 2.75) is 39.0 Å². The van der Waals surface area contributed by atoms with Crippen molar-refractivity contribution >= 4 is 17.3 Å². The number of rotatable bonds is 6. The minimum Gasteiger partial charge on any atom is -0.352 e. The number of benzene rings is 1. The number of pyridine rings is 2. The van der Waals surface area contributed by atoms with Crippen molar-refractivity contribution in [1.29, 1.82) is 0 Å². The molecule has 6 heteroatoms. The van der Waals surface area contributed by atoms with Crippen molar-refractivity contribution in [3.8, 4) is 0 Å². The number of aromatic nitrogens is 3. The van der Waals surface area contributed by atoms with Crippen molar-refractivity contribution in [3.63, 3.8) is 0 Å². The molecule has 1 fully saturated rings. The van der Waals surface area contributed by atoms with E-state index in [1.807, 2.05) is 30.6 Å². The third-order valence-electron chi connectivity index (χ3n) is 6.39. The molecule has 5 rings (SSSR count). The fourth-order valence-electron chi connectivity index (χ4n) is 4.74. The molecule has 0 amide bonds. The van der Waals surface area contributed by atoms with Crippen LogP contribution >= 0.6 is 12.2 Å². The van der Waals surface area contributed by atoms with Gasteiger partial charge in [-0.25, -0.2) is 0 Å². The van der Waals surface area contributed by atoms with Gasteiger partial charge in [-0.15, -0.1) is 0 Å². The fourth-order valence-corrected chi connectivity index (χ4v) is 5.04. The summed E-state index contributed by atoms with van der Waals surface area (Å²) in [4.78, 5) is 11.3. The van der Waals surface area contributed by atoms with Crippen LogP contribution < -0.4 is 5.32 Å². The molecule has 0 bridgehead atoms. The Balaban J connectivity index is 1.56. The lowest BCUT2D eigenvalue weighted by Crippen LogP contribution is -2.29. The van der Waals surface area contributed by atoms with Gasteiger partial charge >= 0.3 is 0 Å². The Labute approximate surface area is 200 Å². The van der Waals surface area contributed by atoms with Gasteiger partial charge in [0, 0.05) is 43.1 Å². The van der Waals surface area contributed by atoms with Crippen molar-refractivity contribution in [3.05, 3.63) is 119 Å². The molecule has 0 radical (unpaired) electrons. The molecule has 2 atom stereocenters. The smallest absolute Gasteiger partial charge is 0.170 e. The van der Waals surface area contributed by atoms with E-state index in [2.05, 4.69) is 87.1 Å².